The fourth-order valence-electron chi connectivity index (χ4n) is 2.16. The van der Waals surface area contributed by atoms with Crippen LogP contribution in [0.15, 0.2) is 72.5 Å². The Balaban J connectivity index is 1.93. The summed E-state index contributed by atoms with van der Waals surface area (Å²) in [5.41, 5.74) is 0.867. The molecule has 164 valence electrons. The second-order valence-electron chi connectivity index (χ2n) is 5.87. The number of carbonyl (C=O) groups excluding carboxylic acids is 1. The van der Waals surface area contributed by atoms with Crippen molar-refractivity contribution >= 4 is 17.9 Å². The second-order valence-corrected chi connectivity index (χ2v) is 5.87. The van der Waals surface area contributed by atoms with E-state index in [0.29, 0.717) is 11.1 Å². The van der Waals surface area contributed by atoms with Crippen molar-refractivity contribution in [3.63, 3.8) is 0 Å². The van der Waals surface area contributed by atoms with Crippen molar-refractivity contribution in [1.29, 1.82) is 0 Å². The van der Waals surface area contributed by atoms with Gasteiger partial charge < -0.3 is 14.6 Å². The zero-order valence-electron chi connectivity index (χ0n) is 15.4. The smallest absolute Gasteiger partial charge is 0.508 e. The summed E-state index contributed by atoms with van der Waals surface area (Å²) in [7, 11) is 0. The van der Waals surface area contributed by atoms with E-state index in [4.69, 9.17) is 0 Å². The van der Waals surface area contributed by atoms with Crippen molar-refractivity contribution in [2.75, 3.05) is 0 Å². The number of ether oxygens (including phenoxy) is 2. The van der Waals surface area contributed by atoms with Crippen LogP contribution in [-0.2, 0) is 4.79 Å². The zero-order valence-corrected chi connectivity index (χ0v) is 15.4. The van der Waals surface area contributed by atoms with Crippen molar-refractivity contribution < 1.29 is 45.7 Å². The van der Waals surface area contributed by atoms with Crippen LogP contribution in [0.25, 0.3) is 12.2 Å². The molecule has 31 heavy (non-hydrogen) atoms. The normalized spacial score (nSPS) is 13.0. The number of alkyl halides is 6. The van der Waals surface area contributed by atoms with Gasteiger partial charge in [-0.15, -0.1) is 26.3 Å². The maximum absolute atomic E-state index is 12.1. The Morgan fingerprint density at radius 3 is 1.48 bits per heavy atom. The van der Waals surface area contributed by atoms with Crippen molar-refractivity contribution in [2.45, 2.75) is 12.7 Å². The van der Waals surface area contributed by atoms with E-state index >= 15 is 0 Å². The van der Waals surface area contributed by atoms with Gasteiger partial charge in [0.25, 0.3) is 0 Å². The van der Waals surface area contributed by atoms with Crippen LogP contribution in [0.3, 0.4) is 0 Å². The lowest BCUT2D eigenvalue weighted by Crippen LogP contribution is -2.16. The number of rotatable bonds is 7. The predicted molar refractivity (Wildman–Crippen MR) is 100 cm³/mol. The van der Waals surface area contributed by atoms with Crippen LogP contribution in [0.2, 0.25) is 0 Å². The Morgan fingerprint density at radius 2 is 1.10 bits per heavy atom. The number of halogens is 6. The van der Waals surface area contributed by atoms with E-state index in [-0.39, 0.29) is 0 Å². The molecule has 0 saturated carbocycles. The minimum absolute atomic E-state index is 0.400. The third-order valence-electron chi connectivity index (χ3n) is 3.40. The van der Waals surface area contributed by atoms with Crippen molar-refractivity contribution in [1.82, 2.24) is 0 Å². The van der Waals surface area contributed by atoms with E-state index in [1.807, 2.05) is 0 Å². The van der Waals surface area contributed by atoms with Gasteiger partial charge in [0.15, 0.2) is 5.78 Å². The van der Waals surface area contributed by atoms with E-state index in [1.165, 1.54) is 36.4 Å². The first kappa shape index (κ1) is 23.6. The van der Waals surface area contributed by atoms with Crippen LogP contribution in [0, 0.1) is 0 Å². The molecule has 0 fully saturated rings. The molecule has 0 bridgehead atoms. The molecule has 10 heteroatoms. The monoisotopic (exact) mass is 444 g/mol. The molecule has 0 spiro atoms. The number of hydrogen-bond acceptors (Lipinski definition) is 4. The quantitative estimate of drug-likeness (QED) is 0.238. The summed E-state index contributed by atoms with van der Waals surface area (Å²) in [5.74, 6) is -1.83. The maximum atomic E-state index is 12.1. The van der Waals surface area contributed by atoms with Crippen LogP contribution in [-0.4, -0.2) is 23.6 Å². The maximum Gasteiger partial charge on any atom is 0.573 e. The molecule has 0 amide bonds. The lowest BCUT2D eigenvalue weighted by atomic mass is 10.1. The van der Waals surface area contributed by atoms with Gasteiger partial charge >= 0.3 is 12.7 Å². The number of aliphatic hydroxyl groups is 1. The predicted octanol–water partition coefficient (Wildman–Crippen LogP) is 6.22. The number of hydrogen-bond donors (Lipinski definition) is 1. The fraction of sp³-hybridized carbons (Fsp3) is 0.0952. The summed E-state index contributed by atoms with van der Waals surface area (Å²) in [6.45, 7) is 0. The molecule has 0 aliphatic carbocycles. The lowest BCUT2D eigenvalue weighted by molar-refractivity contribution is -0.275. The molecule has 2 aromatic carbocycles. The molecule has 0 atom stereocenters. The first-order valence-electron chi connectivity index (χ1n) is 8.42. The lowest BCUT2D eigenvalue weighted by Gasteiger charge is -2.08. The average molecular weight is 444 g/mol. The zero-order chi connectivity index (χ0) is 23.1. The van der Waals surface area contributed by atoms with Gasteiger partial charge in [-0.1, -0.05) is 36.4 Å². The molecule has 2 rings (SSSR count). The minimum atomic E-state index is -4.80. The Labute approximate surface area is 172 Å². The van der Waals surface area contributed by atoms with E-state index in [2.05, 4.69) is 9.47 Å². The van der Waals surface area contributed by atoms with Gasteiger partial charge in [0.1, 0.15) is 17.3 Å². The van der Waals surface area contributed by atoms with Crippen LogP contribution in [0.4, 0.5) is 26.3 Å². The average Bonchev–Trinajstić information content (AvgIpc) is 2.64. The summed E-state index contributed by atoms with van der Waals surface area (Å²) < 4.78 is 80.1. The third-order valence-corrected chi connectivity index (χ3v) is 3.40. The highest BCUT2D eigenvalue weighted by Gasteiger charge is 2.31. The molecular weight excluding hydrogens is 430 g/mol. The minimum Gasteiger partial charge on any atom is -0.508 e. The molecule has 2 aromatic rings. The molecule has 0 heterocycles. The van der Waals surface area contributed by atoms with Crippen molar-refractivity contribution in [3.8, 4) is 11.5 Å². The summed E-state index contributed by atoms with van der Waals surface area (Å²) in [5, 5.41) is 9.75. The first-order chi connectivity index (χ1) is 14.4. The SMILES string of the molecule is O=C(/C=C/c1ccc(OC(F)(F)F)cc1)/C=C(O)\C=C\c1ccc(OC(F)(F)F)cc1. The molecule has 0 aliphatic heterocycles. The van der Waals surface area contributed by atoms with Gasteiger partial charge in [0.05, 0.1) is 0 Å². The van der Waals surface area contributed by atoms with E-state index < -0.39 is 35.8 Å². The first-order valence-corrected chi connectivity index (χ1v) is 8.42. The number of carbonyl (C=O) groups is 1. The van der Waals surface area contributed by atoms with Crippen LogP contribution in [0.1, 0.15) is 11.1 Å². The van der Waals surface area contributed by atoms with E-state index in [9.17, 15) is 36.2 Å². The van der Waals surface area contributed by atoms with Gasteiger partial charge in [-0.05, 0) is 47.5 Å². The van der Waals surface area contributed by atoms with Gasteiger partial charge in [0, 0.05) is 6.08 Å². The summed E-state index contributed by atoms with van der Waals surface area (Å²) in [4.78, 5) is 11.8. The van der Waals surface area contributed by atoms with Crippen molar-refractivity contribution in [3.05, 3.63) is 83.6 Å². The molecule has 0 saturated heterocycles. The molecule has 0 aliphatic rings. The fourth-order valence-corrected chi connectivity index (χ4v) is 2.16. The highest BCUT2D eigenvalue weighted by atomic mass is 19.4. The van der Waals surface area contributed by atoms with E-state index in [1.54, 1.807) is 0 Å². The Morgan fingerprint density at radius 1 is 0.710 bits per heavy atom. The number of aliphatic hydroxyl groups excluding tert-OH is 1. The van der Waals surface area contributed by atoms with Crippen LogP contribution < -0.4 is 9.47 Å². The highest BCUT2D eigenvalue weighted by Crippen LogP contribution is 2.24. The molecule has 0 radical (unpaired) electrons. The van der Waals surface area contributed by atoms with Gasteiger partial charge in [-0.3, -0.25) is 4.79 Å². The standard InChI is InChI=1S/C21H14F6O4/c22-20(23,24)30-18-9-3-14(4-10-18)1-7-16(28)13-17(29)8-2-15-5-11-19(12-6-15)31-21(25,26)27/h1-13,28H/b7-1+,8-2+,16-13+. The van der Waals surface area contributed by atoms with E-state index in [0.717, 1.165) is 42.5 Å². The molecule has 1 N–H and O–H groups in total. The van der Waals surface area contributed by atoms with Gasteiger partial charge in [-0.2, -0.15) is 0 Å². The number of ketones is 1. The topological polar surface area (TPSA) is 55.8 Å². The van der Waals surface area contributed by atoms with Crippen LogP contribution >= 0.6 is 0 Å². The second kappa shape index (κ2) is 9.88. The number of benzene rings is 2. The van der Waals surface area contributed by atoms with Gasteiger partial charge in [0.2, 0.25) is 0 Å². The van der Waals surface area contributed by atoms with Crippen LogP contribution in [0.5, 0.6) is 11.5 Å². The van der Waals surface area contributed by atoms with Crippen molar-refractivity contribution in [2.24, 2.45) is 0 Å². The Kier molecular flexibility index (Phi) is 7.51. The summed E-state index contributed by atoms with van der Waals surface area (Å²) >= 11 is 0. The Hall–Kier alpha value is -3.69. The molecule has 4 nitrogen and oxygen atoms in total. The third kappa shape index (κ3) is 9.57. The molecule has 0 aromatic heterocycles. The number of allylic oxidation sites excluding steroid dienone is 3. The molecule has 0 unspecified atom stereocenters. The summed E-state index contributed by atoms with van der Waals surface area (Å²) in [6, 6.07) is 9.59. The largest absolute Gasteiger partial charge is 0.573 e. The van der Waals surface area contributed by atoms with Gasteiger partial charge in [-0.25, -0.2) is 0 Å². The Bertz CT molecular complexity index is 969. The highest BCUT2D eigenvalue weighted by molar-refractivity contribution is 6.02. The molecular formula is C21H14F6O4. The summed E-state index contributed by atoms with van der Waals surface area (Å²) in [6.07, 6.45) is -3.78.